The minimum Gasteiger partial charge on any atom is -0.434 e. The fourth-order valence-electron chi connectivity index (χ4n) is 0.955. The van der Waals surface area contributed by atoms with Gasteiger partial charge < -0.3 is 14.6 Å². The Morgan fingerprint density at radius 3 is 2.82 bits per heavy atom. The molecule has 0 aromatic rings. The zero-order chi connectivity index (χ0) is 8.27. The molecule has 0 aromatic carbocycles. The first-order valence-electron chi connectivity index (χ1n) is 3.74. The highest BCUT2D eigenvalue weighted by molar-refractivity contribution is 5.76. The second-order valence-corrected chi connectivity index (χ2v) is 2.41. The molecular formula is C7H12O4. The fraction of sp³-hybridized carbons (Fsp3) is 0.857. The summed E-state index contributed by atoms with van der Waals surface area (Å²) in [6, 6.07) is 0. The highest BCUT2D eigenvalue weighted by Crippen LogP contribution is 2.17. The topological polar surface area (TPSA) is 55.8 Å². The number of aliphatic hydroxyl groups is 1. The number of cyclic esters (lactones) is 1. The van der Waals surface area contributed by atoms with Gasteiger partial charge in [-0.1, -0.05) is 6.92 Å². The summed E-state index contributed by atoms with van der Waals surface area (Å²) in [6.07, 6.45) is 0.0345. The molecule has 4 nitrogen and oxygen atoms in total. The van der Waals surface area contributed by atoms with Crippen LogP contribution in [0.3, 0.4) is 0 Å². The van der Waals surface area contributed by atoms with Crippen molar-refractivity contribution in [1.29, 1.82) is 0 Å². The van der Waals surface area contributed by atoms with E-state index in [1.54, 1.807) is 0 Å². The molecule has 1 rings (SSSR count). The lowest BCUT2D eigenvalue weighted by Gasteiger charge is -2.04. The third kappa shape index (κ3) is 1.91. The highest BCUT2D eigenvalue weighted by atomic mass is 16.7. The molecule has 1 aliphatic heterocycles. The van der Waals surface area contributed by atoms with Gasteiger partial charge in [0, 0.05) is 19.4 Å². The van der Waals surface area contributed by atoms with E-state index < -0.39 is 12.4 Å². The Morgan fingerprint density at radius 2 is 2.36 bits per heavy atom. The molecule has 4 heteroatoms. The van der Waals surface area contributed by atoms with Crippen molar-refractivity contribution in [2.75, 3.05) is 6.61 Å². The van der Waals surface area contributed by atoms with Crippen molar-refractivity contribution in [1.82, 2.24) is 0 Å². The quantitative estimate of drug-likeness (QED) is 0.592. The minimum absolute atomic E-state index is 0.0454. The average Bonchev–Trinajstić information content (AvgIpc) is 2.33. The molecule has 0 aliphatic carbocycles. The summed E-state index contributed by atoms with van der Waals surface area (Å²) in [6.45, 7) is 1.83. The Hall–Kier alpha value is -0.610. The number of carbonyl (C=O) groups excluding carboxylic acids is 1. The molecule has 1 fully saturated rings. The van der Waals surface area contributed by atoms with Gasteiger partial charge >= 0.3 is 5.97 Å². The maximum Gasteiger partial charge on any atom is 0.337 e. The van der Waals surface area contributed by atoms with Gasteiger partial charge in [-0.05, 0) is 0 Å². The van der Waals surface area contributed by atoms with Gasteiger partial charge in [0.25, 0.3) is 0 Å². The van der Waals surface area contributed by atoms with Crippen LogP contribution in [0.25, 0.3) is 0 Å². The van der Waals surface area contributed by atoms with E-state index >= 15 is 0 Å². The second-order valence-electron chi connectivity index (χ2n) is 2.41. The molecular weight excluding hydrogens is 148 g/mol. The molecule has 1 saturated heterocycles. The lowest BCUT2D eigenvalue weighted by atomic mass is 10.3. The summed E-state index contributed by atoms with van der Waals surface area (Å²) < 4.78 is 9.93. The minimum atomic E-state index is -0.551. The Balaban J connectivity index is 2.38. The van der Waals surface area contributed by atoms with Gasteiger partial charge in [0.15, 0.2) is 6.10 Å². The Labute approximate surface area is 65.1 Å². The number of aliphatic hydroxyl groups excluding tert-OH is 1. The van der Waals surface area contributed by atoms with Crippen LogP contribution >= 0.6 is 0 Å². The number of hydrogen-bond donors (Lipinski definition) is 1. The molecule has 64 valence electrons. The Morgan fingerprint density at radius 1 is 1.64 bits per heavy atom. The van der Waals surface area contributed by atoms with Gasteiger partial charge in [-0.3, -0.25) is 0 Å². The summed E-state index contributed by atoms with van der Waals surface area (Å²) >= 11 is 0. The van der Waals surface area contributed by atoms with Crippen molar-refractivity contribution in [3.8, 4) is 0 Å². The third-order valence-corrected chi connectivity index (χ3v) is 1.55. The monoisotopic (exact) mass is 160 g/mol. The molecule has 1 heterocycles. The van der Waals surface area contributed by atoms with Gasteiger partial charge in [0.05, 0.1) is 0 Å². The zero-order valence-corrected chi connectivity index (χ0v) is 6.45. The van der Waals surface area contributed by atoms with Gasteiger partial charge in [-0.25, -0.2) is 4.79 Å². The van der Waals surface area contributed by atoms with Crippen LogP contribution in [-0.4, -0.2) is 30.1 Å². The standard InChI is InChI=1S/C7H12O4/c1-2-6-10-5(3-4-8)7(9)11-6/h5-6,8H,2-4H2,1H3/t5-,6-/m0/s1. The van der Waals surface area contributed by atoms with Crippen LogP contribution in [0, 0.1) is 0 Å². The van der Waals surface area contributed by atoms with Crippen LogP contribution in [0.4, 0.5) is 0 Å². The van der Waals surface area contributed by atoms with Crippen LogP contribution in [0.15, 0.2) is 0 Å². The van der Waals surface area contributed by atoms with Crippen LogP contribution in [0.2, 0.25) is 0 Å². The van der Waals surface area contributed by atoms with Crippen molar-refractivity contribution in [2.45, 2.75) is 32.2 Å². The molecule has 11 heavy (non-hydrogen) atoms. The van der Waals surface area contributed by atoms with Crippen LogP contribution < -0.4 is 0 Å². The van der Waals surface area contributed by atoms with Crippen molar-refractivity contribution >= 4 is 5.97 Å². The molecule has 0 saturated carbocycles. The Kier molecular flexibility index (Phi) is 2.84. The summed E-state index contributed by atoms with van der Waals surface area (Å²) in [4.78, 5) is 10.9. The van der Waals surface area contributed by atoms with E-state index in [9.17, 15) is 4.79 Å². The van der Waals surface area contributed by atoms with Gasteiger partial charge in [-0.15, -0.1) is 0 Å². The van der Waals surface area contributed by atoms with Crippen molar-refractivity contribution in [3.63, 3.8) is 0 Å². The Bertz CT molecular complexity index is 145. The number of ether oxygens (including phenoxy) is 2. The van der Waals surface area contributed by atoms with E-state index in [-0.39, 0.29) is 12.6 Å². The number of hydrogen-bond acceptors (Lipinski definition) is 4. The summed E-state index contributed by atoms with van der Waals surface area (Å²) in [5.41, 5.74) is 0. The molecule has 0 bridgehead atoms. The SMILES string of the molecule is CC[C@@H]1OC(=O)[C@H](CCO)O1. The molecule has 2 atom stereocenters. The van der Waals surface area contributed by atoms with Crippen molar-refractivity contribution in [2.24, 2.45) is 0 Å². The number of esters is 1. The average molecular weight is 160 g/mol. The summed E-state index contributed by atoms with van der Waals surface area (Å²) in [5, 5.41) is 8.52. The first kappa shape index (κ1) is 8.49. The second kappa shape index (κ2) is 3.69. The van der Waals surface area contributed by atoms with E-state index in [1.807, 2.05) is 6.92 Å². The number of rotatable bonds is 3. The molecule has 1 N–H and O–H groups in total. The molecule has 0 amide bonds. The first-order chi connectivity index (χ1) is 5.27. The van der Waals surface area contributed by atoms with E-state index in [1.165, 1.54) is 0 Å². The maximum absolute atomic E-state index is 10.9. The predicted octanol–water partition coefficient (Wildman–Crippen LogP) is 0.0469. The third-order valence-electron chi connectivity index (χ3n) is 1.55. The zero-order valence-electron chi connectivity index (χ0n) is 6.45. The molecule has 0 radical (unpaired) electrons. The van der Waals surface area contributed by atoms with Gasteiger partial charge in [-0.2, -0.15) is 0 Å². The van der Waals surface area contributed by atoms with Crippen molar-refractivity contribution in [3.05, 3.63) is 0 Å². The number of carbonyl (C=O) groups is 1. The maximum atomic E-state index is 10.9. The predicted molar refractivity (Wildman–Crippen MR) is 36.7 cm³/mol. The van der Waals surface area contributed by atoms with E-state index in [2.05, 4.69) is 0 Å². The van der Waals surface area contributed by atoms with E-state index in [4.69, 9.17) is 14.6 Å². The van der Waals surface area contributed by atoms with E-state index in [0.717, 1.165) is 0 Å². The van der Waals surface area contributed by atoms with Crippen molar-refractivity contribution < 1.29 is 19.4 Å². The smallest absolute Gasteiger partial charge is 0.337 e. The van der Waals surface area contributed by atoms with Gasteiger partial charge in [0.1, 0.15) is 0 Å². The van der Waals surface area contributed by atoms with Crippen LogP contribution in [-0.2, 0) is 14.3 Å². The fourth-order valence-corrected chi connectivity index (χ4v) is 0.955. The lowest BCUT2D eigenvalue weighted by Crippen LogP contribution is -2.17. The molecule has 0 aromatic heterocycles. The largest absolute Gasteiger partial charge is 0.434 e. The molecule has 1 aliphatic rings. The van der Waals surface area contributed by atoms with E-state index in [0.29, 0.717) is 12.8 Å². The summed E-state index contributed by atoms with van der Waals surface area (Å²) in [7, 11) is 0. The first-order valence-corrected chi connectivity index (χ1v) is 3.74. The molecule has 0 unspecified atom stereocenters. The van der Waals surface area contributed by atoms with Crippen LogP contribution in [0.5, 0.6) is 0 Å². The lowest BCUT2D eigenvalue weighted by molar-refractivity contribution is -0.143. The summed E-state index contributed by atoms with van der Waals surface area (Å²) in [5.74, 6) is -0.356. The van der Waals surface area contributed by atoms with Crippen LogP contribution in [0.1, 0.15) is 19.8 Å². The molecule has 0 spiro atoms. The van der Waals surface area contributed by atoms with Gasteiger partial charge in [0.2, 0.25) is 6.29 Å². The normalized spacial score (nSPS) is 30.5. The highest BCUT2D eigenvalue weighted by Gasteiger charge is 2.33.